The Morgan fingerprint density at radius 2 is 1.62 bits per heavy atom. The van der Waals surface area contributed by atoms with Gasteiger partial charge in [0, 0.05) is 34.9 Å². The fourth-order valence-electron chi connectivity index (χ4n) is 3.51. The maximum atomic E-state index is 13.6. The van der Waals surface area contributed by atoms with Gasteiger partial charge in [0.1, 0.15) is 5.82 Å². The van der Waals surface area contributed by atoms with Crippen LogP contribution >= 0.6 is 0 Å². The van der Waals surface area contributed by atoms with Crippen molar-refractivity contribution in [2.24, 2.45) is 0 Å². The zero-order valence-electron chi connectivity index (χ0n) is 12.1. The number of para-hydroxylation sites is 1. The molecule has 1 aliphatic rings. The van der Waals surface area contributed by atoms with Gasteiger partial charge < -0.3 is 9.47 Å². The summed E-state index contributed by atoms with van der Waals surface area (Å²) in [5.41, 5.74) is 2.34. The molecule has 2 heterocycles. The number of benzene rings is 2. The topological polar surface area (TPSA) is 8.17 Å². The standard InChI is InChI=1S/C18H19FN2/c19-14-7-8-18-16(13-14)15-5-1-2-6-17(15)21(18)12-11-20-9-3-4-10-20/h1-2,5-8,13H,3-4,9-12H2. The van der Waals surface area contributed by atoms with Gasteiger partial charge in [-0.3, -0.25) is 0 Å². The van der Waals surface area contributed by atoms with Crippen LogP contribution in [0.4, 0.5) is 4.39 Å². The van der Waals surface area contributed by atoms with Gasteiger partial charge in [-0.2, -0.15) is 0 Å². The number of hydrogen-bond donors (Lipinski definition) is 0. The van der Waals surface area contributed by atoms with Gasteiger partial charge in [-0.05, 0) is 50.2 Å². The lowest BCUT2D eigenvalue weighted by Gasteiger charge is -2.16. The fourth-order valence-corrected chi connectivity index (χ4v) is 3.51. The molecule has 3 heteroatoms. The van der Waals surface area contributed by atoms with Crippen LogP contribution in [0.1, 0.15) is 12.8 Å². The molecule has 0 bridgehead atoms. The fraction of sp³-hybridized carbons (Fsp3) is 0.333. The third-order valence-electron chi connectivity index (χ3n) is 4.57. The summed E-state index contributed by atoms with van der Waals surface area (Å²) < 4.78 is 15.9. The first-order valence-corrected chi connectivity index (χ1v) is 7.72. The molecule has 1 aliphatic heterocycles. The molecule has 2 aromatic carbocycles. The van der Waals surface area contributed by atoms with Gasteiger partial charge in [0.15, 0.2) is 0 Å². The van der Waals surface area contributed by atoms with Crippen LogP contribution in [0.15, 0.2) is 42.5 Å². The lowest BCUT2D eigenvalue weighted by molar-refractivity contribution is 0.326. The van der Waals surface area contributed by atoms with Crippen LogP contribution in [0.3, 0.4) is 0 Å². The van der Waals surface area contributed by atoms with E-state index in [1.165, 1.54) is 31.4 Å². The number of fused-ring (bicyclic) bond motifs is 3. The number of nitrogens with zero attached hydrogens (tertiary/aromatic N) is 2. The summed E-state index contributed by atoms with van der Waals surface area (Å²) in [7, 11) is 0. The molecule has 4 rings (SSSR count). The molecule has 0 N–H and O–H groups in total. The molecule has 108 valence electrons. The quantitative estimate of drug-likeness (QED) is 0.704. The van der Waals surface area contributed by atoms with E-state index in [0.29, 0.717) is 0 Å². The Balaban J connectivity index is 1.80. The van der Waals surface area contributed by atoms with E-state index >= 15 is 0 Å². The van der Waals surface area contributed by atoms with E-state index in [0.717, 1.165) is 29.4 Å². The molecular weight excluding hydrogens is 263 g/mol. The molecule has 3 aromatic rings. The second-order valence-corrected chi connectivity index (χ2v) is 5.88. The van der Waals surface area contributed by atoms with E-state index < -0.39 is 0 Å². The highest BCUT2D eigenvalue weighted by Crippen LogP contribution is 2.29. The average molecular weight is 282 g/mol. The second-order valence-electron chi connectivity index (χ2n) is 5.88. The first-order valence-electron chi connectivity index (χ1n) is 7.72. The van der Waals surface area contributed by atoms with Crippen molar-refractivity contribution in [3.05, 3.63) is 48.3 Å². The van der Waals surface area contributed by atoms with Crippen LogP contribution < -0.4 is 0 Å². The van der Waals surface area contributed by atoms with Crippen LogP contribution in [0.2, 0.25) is 0 Å². The Morgan fingerprint density at radius 3 is 2.48 bits per heavy atom. The van der Waals surface area contributed by atoms with Gasteiger partial charge >= 0.3 is 0 Å². The van der Waals surface area contributed by atoms with Crippen molar-refractivity contribution in [1.82, 2.24) is 9.47 Å². The molecule has 1 fully saturated rings. The maximum Gasteiger partial charge on any atom is 0.123 e. The summed E-state index contributed by atoms with van der Waals surface area (Å²) in [6.07, 6.45) is 2.64. The van der Waals surface area contributed by atoms with E-state index in [-0.39, 0.29) is 5.82 Å². The van der Waals surface area contributed by atoms with E-state index in [9.17, 15) is 4.39 Å². The normalized spacial score (nSPS) is 16.2. The van der Waals surface area contributed by atoms with Gasteiger partial charge in [-0.15, -0.1) is 0 Å². The lowest BCUT2D eigenvalue weighted by Crippen LogP contribution is -2.23. The maximum absolute atomic E-state index is 13.6. The molecule has 1 saturated heterocycles. The first-order chi connectivity index (χ1) is 10.3. The number of aromatic nitrogens is 1. The van der Waals surface area contributed by atoms with Crippen LogP contribution in [0.5, 0.6) is 0 Å². The molecule has 0 aliphatic carbocycles. The van der Waals surface area contributed by atoms with E-state index in [2.05, 4.69) is 27.7 Å². The molecule has 0 unspecified atom stereocenters. The average Bonchev–Trinajstić information content (AvgIpc) is 3.11. The molecule has 0 amide bonds. The Bertz CT molecular complexity index is 784. The number of halogens is 1. The molecule has 0 radical (unpaired) electrons. The van der Waals surface area contributed by atoms with Crippen molar-refractivity contribution in [3.63, 3.8) is 0 Å². The molecule has 21 heavy (non-hydrogen) atoms. The highest BCUT2D eigenvalue weighted by molar-refractivity contribution is 6.07. The van der Waals surface area contributed by atoms with Crippen molar-refractivity contribution in [2.75, 3.05) is 19.6 Å². The van der Waals surface area contributed by atoms with Crippen molar-refractivity contribution in [2.45, 2.75) is 19.4 Å². The highest BCUT2D eigenvalue weighted by Gasteiger charge is 2.14. The van der Waals surface area contributed by atoms with Gasteiger partial charge in [-0.1, -0.05) is 18.2 Å². The van der Waals surface area contributed by atoms with Crippen LogP contribution in [0, 0.1) is 5.82 Å². The summed E-state index contributed by atoms with van der Waals surface area (Å²) in [5.74, 6) is -0.162. The minimum Gasteiger partial charge on any atom is -0.339 e. The van der Waals surface area contributed by atoms with Crippen LogP contribution in [-0.2, 0) is 6.54 Å². The van der Waals surface area contributed by atoms with Crippen LogP contribution in [0.25, 0.3) is 21.8 Å². The monoisotopic (exact) mass is 282 g/mol. The van der Waals surface area contributed by atoms with E-state index in [4.69, 9.17) is 0 Å². The Morgan fingerprint density at radius 1 is 0.857 bits per heavy atom. The number of rotatable bonds is 3. The zero-order chi connectivity index (χ0) is 14.2. The second kappa shape index (κ2) is 5.15. The third-order valence-corrected chi connectivity index (χ3v) is 4.57. The molecule has 1 aromatic heterocycles. The lowest BCUT2D eigenvalue weighted by atomic mass is 10.1. The van der Waals surface area contributed by atoms with Crippen molar-refractivity contribution >= 4 is 21.8 Å². The Hall–Kier alpha value is -1.87. The molecule has 2 nitrogen and oxygen atoms in total. The minimum atomic E-state index is -0.162. The smallest absolute Gasteiger partial charge is 0.123 e. The van der Waals surface area contributed by atoms with Gasteiger partial charge in [0.05, 0.1) is 0 Å². The Labute approximate surface area is 123 Å². The molecular formula is C18H19FN2. The van der Waals surface area contributed by atoms with Gasteiger partial charge in [0.25, 0.3) is 0 Å². The predicted octanol–water partition coefficient (Wildman–Crippen LogP) is 4.03. The zero-order valence-corrected chi connectivity index (χ0v) is 12.1. The summed E-state index contributed by atoms with van der Waals surface area (Å²) in [6, 6.07) is 13.4. The van der Waals surface area contributed by atoms with Crippen molar-refractivity contribution < 1.29 is 4.39 Å². The largest absolute Gasteiger partial charge is 0.339 e. The summed E-state index contributed by atoms with van der Waals surface area (Å²) in [5, 5.41) is 2.17. The van der Waals surface area contributed by atoms with Gasteiger partial charge in [-0.25, -0.2) is 4.39 Å². The first kappa shape index (κ1) is 12.8. The highest BCUT2D eigenvalue weighted by atomic mass is 19.1. The van der Waals surface area contributed by atoms with Crippen molar-refractivity contribution in [1.29, 1.82) is 0 Å². The number of hydrogen-bond acceptors (Lipinski definition) is 1. The van der Waals surface area contributed by atoms with Crippen LogP contribution in [-0.4, -0.2) is 29.1 Å². The minimum absolute atomic E-state index is 0.162. The van der Waals surface area contributed by atoms with Gasteiger partial charge in [0.2, 0.25) is 0 Å². The molecule has 0 spiro atoms. The third kappa shape index (κ3) is 2.22. The SMILES string of the molecule is Fc1ccc2c(c1)c1ccccc1n2CCN1CCCC1. The van der Waals surface area contributed by atoms with E-state index in [1.54, 1.807) is 12.1 Å². The Kier molecular flexibility index (Phi) is 3.15. The van der Waals surface area contributed by atoms with Crippen molar-refractivity contribution in [3.8, 4) is 0 Å². The summed E-state index contributed by atoms with van der Waals surface area (Å²) >= 11 is 0. The predicted molar refractivity (Wildman–Crippen MR) is 85.1 cm³/mol. The molecule has 0 atom stereocenters. The number of likely N-dealkylation sites (tertiary alicyclic amines) is 1. The van der Waals surface area contributed by atoms with E-state index in [1.807, 2.05) is 12.1 Å². The summed E-state index contributed by atoms with van der Waals surface area (Å²) in [4.78, 5) is 2.52. The summed E-state index contributed by atoms with van der Waals surface area (Å²) in [6.45, 7) is 4.47. The molecule has 0 saturated carbocycles.